The van der Waals surface area contributed by atoms with Crippen LogP contribution in [0.1, 0.15) is 16.7 Å². The molecule has 3 aromatic carbocycles. The lowest BCUT2D eigenvalue weighted by atomic mass is 9.98. The zero-order valence-electron chi connectivity index (χ0n) is 19.5. The average molecular weight is 541 g/mol. The third-order valence-electron chi connectivity index (χ3n) is 5.77. The van der Waals surface area contributed by atoms with Crippen molar-refractivity contribution in [1.82, 2.24) is 0 Å². The summed E-state index contributed by atoms with van der Waals surface area (Å²) in [7, 11) is 1.33. The van der Waals surface area contributed by atoms with Gasteiger partial charge in [0.2, 0.25) is 0 Å². The number of hydrogen-bond acceptors (Lipinski definition) is 6. The smallest absolute Gasteiger partial charge is 0.337 e. The minimum atomic E-state index is -0.981. The predicted molar refractivity (Wildman–Crippen MR) is 135 cm³/mol. The number of halogens is 1. The van der Waals surface area contributed by atoms with Crippen LogP contribution in [0.2, 0.25) is 0 Å². The van der Waals surface area contributed by atoms with Crippen molar-refractivity contribution in [3.05, 3.63) is 108 Å². The lowest BCUT2D eigenvalue weighted by Gasteiger charge is -2.43. The van der Waals surface area contributed by atoms with E-state index in [4.69, 9.17) is 23.7 Å². The molecule has 7 heteroatoms. The molecule has 4 rings (SSSR count). The van der Waals surface area contributed by atoms with Gasteiger partial charge in [-0.25, -0.2) is 4.79 Å². The van der Waals surface area contributed by atoms with E-state index >= 15 is 0 Å². The van der Waals surface area contributed by atoms with Crippen molar-refractivity contribution >= 4 is 21.9 Å². The number of rotatable bonds is 10. The Kier molecular flexibility index (Phi) is 9.45. The maximum absolute atomic E-state index is 12.7. The van der Waals surface area contributed by atoms with Gasteiger partial charge in [-0.1, -0.05) is 107 Å². The van der Waals surface area contributed by atoms with Crippen molar-refractivity contribution in [3.8, 4) is 0 Å². The number of benzene rings is 3. The third kappa shape index (κ3) is 6.99. The molecule has 0 unspecified atom stereocenters. The van der Waals surface area contributed by atoms with E-state index in [1.165, 1.54) is 7.11 Å². The highest BCUT2D eigenvalue weighted by Gasteiger charge is 2.50. The van der Waals surface area contributed by atoms with E-state index < -0.39 is 35.4 Å². The van der Waals surface area contributed by atoms with Gasteiger partial charge in [0.05, 0.1) is 26.9 Å². The molecule has 0 radical (unpaired) electrons. The largest absolute Gasteiger partial charge is 0.467 e. The van der Waals surface area contributed by atoms with E-state index in [-0.39, 0.29) is 6.61 Å². The fraction of sp³-hybridized carbons (Fsp3) is 0.321. The van der Waals surface area contributed by atoms with Crippen LogP contribution >= 0.6 is 15.9 Å². The lowest BCUT2D eigenvalue weighted by molar-refractivity contribution is -0.247. The number of methoxy groups -OCH3 is 1. The van der Waals surface area contributed by atoms with Gasteiger partial charge in [-0.05, 0) is 16.7 Å². The van der Waals surface area contributed by atoms with Crippen molar-refractivity contribution < 1.29 is 28.5 Å². The summed E-state index contributed by atoms with van der Waals surface area (Å²) >= 11 is 3.57. The zero-order chi connectivity index (χ0) is 24.5. The second-order valence-electron chi connectivity index (χ2n) is 8.21. The summed E-state index contributed by atoms with van der Waals surface area (Å²) < 4.78 is 30.1. The van der Waals surface area contributed by atoms with Crippen LogP contribution in [0.15, 0.2) is 91.0 Å². The first-order valence-corrected chi connectivity index (χ1v) is 12.4. The maximum atomic E-state index is 12.7. The van der Waals surface area contributed by atoms with Crippen LogP contribution in [0.3, 0.4) is 0 Å². The second-order valence-corrected chi connectivity index (χ2v) is 9.12. The van der Waals surface area contributed by atoms with Gasteiger partial charge in [-0.2, -0.15) is 0 Å². The van der Waals surface area contributed by atoms with Crippen LogP contribution in [-0.4, -0.2) is 42.5 Å². The van der Waals surface area contributed by atoms with E-state index in [2.05, 4.69) is 15.9 Å². The summed E-state index contributed by atoms with van der Waals surface area (Å²) in [4.78, 5) is 12.7. The summed E-state index contributed by atoms with van der Waals surface area (Å²) in [5.41, 5.74) is 3.00. The molecule has 1 heterocycles. The highest BCUT2D eigenvalue weighted by Crippen LogP contribution is 2.33. The van der Waals surface area contributed by atoms with Crippen molar-refractivity contribution in [2.45, 2.75) is 49.2 Å². The monoisotopic (exact) mass is 540 g/mol. The van der Waals surface area contributed by atoms with Gasteiger partial charge in [-0.3, -0.25) is 0 Å². The Morgan fingerprint density at radius 3 is 1.51 bits per heavy atom. The minimum absolute atomic E-state index is 0.284. The summed E-state index contributed by atoms with van der Waals surface area (Å²) in [6, 6.07) is 29.5. The first-order valence-electron chi connectivity index (χ1n) is 11.5. The fourth-order valence-corrected chi connectivity index (χ4v) is 4.64. The molecule has 1 aliphatic rings. The molecular weight excluding hydrogens is 512 g/mol. The molecule has 3 aromatic rings. The number of hydrogen-bond donors (Lipinski definition) is 0. The van der Waals surface area contributed by atoms with Gasteiger partial charge >= 0.3 is 5.97 Å². The third-order valence-corrected chi connectivity index (χ3v) is 6.51. The van der Waals surface area contributed by atoms with Crippen molar-refractivity contribution in [1.29, 1.82) is 0 Å². The standard InChI is InChI=1S/C28H29BrO6/c1-31-28(30)26-24(33-18-21-13-7-3-8-14-21)23(32-17-20-11-5-2-6-12-20)25(27(29)35-26)34-19-22-15-9-4-10-16-22/h2-16,23-27H,17-19H2,1H3/t23-,24-,25+,26-,27-/m0/s1. The Morgan fingerprint density at radius 2 is 1.09 bits per heavy atom. The van der Waals surface area contributed by atoms with Gasteiger partial charge in [-0.15, -0.1) is 0 Å². The number of alkyl halides is 1. The molecule has 5 atom stereocenters. The van der Waals surface area contributed by atoms with Crippen LogP contribution in [0.25, 0.3) is 0 Å². The molecule has 0 spiro atoms. The Labute approximate surface area is 214 Å². The molecule has 1 aliphatic heterocycles. The Hall–Kier alpha value is -2.55. The number of carbonyl (C=O) groups excluding carboxylic acids is 1. The van der Waals surface area contributed by atoms with Crippen LogP contribution < -0.4 is 0 Å². The lowest BCUT2D eigenvalue weighted by Crippen LogP contribution is -2.60. The predicted octanol–water partition coefficient (Wildman–Crippen LogP) is 5.04. The molecule has 0 saturated carbocycles. The highest BCUT2D eigenvalue weighted by atomic mass is 79.9. The Bertz CT molecular complexity index is 1030. The van der Waals surface area contributed by atoms with E-state index in [1.807, 2.05) is 91.0 Å². The van der Waals surface area contributed by atoms with E-state index in [9.17, 15) is 4.79 Å². The molecular formula is C28H29BrO6. The van der Waals surface area contributed by atoms with Crippen molar-refractivity contribution in [2.75, 3.05) is 7.11 Å². The van der Waals surface area contributed by atoms with Gasteiger partial charge in [0.1, 0.15) is 23.3 Å². The van der Waals surface area contributed by atoms with Crippen LogP contribution in [0, 0.1) is 0 Å². The van der Waals surface area contributed by atoms with E-state index in [0.717, 1.165) is 16.7 Å². The number of carbonyl (C=O) groups is 1. The van der Waals surface area contributed by atoms with Crippen molar-refractivity contribution in [2.24, 2.45) is 0 Å². The van der Waals surface area contributed by atoms with Crippen molar-refractivity contribution in [3.63, 3.8) is 0 Å². The zero-order valence-corrected chi connectivity index (χ0v) is 21.1. The molecule has 1 saturated heterocycles. The minimum Gasteiger partial charge on any atom is -0.467 e. The van der Waals surface area contributed by atoms with Gasteiger partial charge in [0.25, 0.3) is 0 Å². The van der Waals surface area contributed by atoms with Crippen LogP contribution in [-0.2, 0) is 48.3 Å². The summed E-state index contributed by atoms with van der Waals surface area (Å²) in [6.07, 6.45) is -2.88. The van der Waals surface area contributed by atoms with E-state index in [0.29, 0.717) is 13.2 Å². The molecule has 0 bridgehead atoms. The van der Waals surface area contributed by atoms with Gasteiger partial charge in [0.15, 0.2) is 6.10 Å². The van der Waals surface area contributed by atoms with Gasteiger partial charge in [0, 0.05) is 0 Å². The fourth-order valence-electron chi connectivity index (χ4n) is 3.95. The molecule has 184 valence electrons. The summed E-state index contributed by atoms with van der Waals surface area (Å²) in [6.45, 7) is 0.970. The molecule has 1 fully saturated rings. The first kappa shape index (κ1) is 25.5. The maximum Gasteiger partial charge on any atom is 0.337 e. The molecule has 6 nitrogen and oxygen atoms in total. The normalized spacial score (nSPS) is 24.1. The molecule has 0 aromatic heterocycles. The average Bonchev–Trinajstić information content (AvgIpc) is 2.91. The van der Waals surface area contributed by atoms with Crippen LogP contribution in [0.5, 0.6) is 0 Å². The summed E-state index contributed by atoms with van der Waals surface area (Å²) in [5.74, 6) is -0.526. The molecule has 0 aliphatic carbocycles. The summed E-state index contributed by atoms with van der Waals surface area (Å²) in [5, 5.41) is -0.604. The molecule has 35 heavy (non-hydrogen) atoms. The topological polar surface area (TPSA) is 63.2 Å². The number of ether oxygens (including phenoxy) is 5. The Morgan fingerprint density at radius 1 is 0.686 bits per heavy atom. The highest BCUT2D eigenvalue weighted by molar-refractivity contribution is 9.09. The SMILES string of the molecule is COC(=O)[C@H]1O[C@H](Br)[C@H](OCc2ccccc2)[C@@H](OCc2ccccc2)[C@@H]1OCc1ccccc1. The second kappa shape index (κ2) is 13.0. The van der Waals surface area contributed by atoms with E-state index in [1.54, 1.807) is 0 Å². The first-order chi connectivity index (χ1) is 17.2. The quantitative estimate of drug-likeness (QED) is 0.265. The van der Waals surface area contributed by atoms with Crippen LogP contribution in [0.4, 0.5) is 0 Å². The molecule has 0 amide bonds. The Balaban J connectivity index is 1.59. The molecule has 0 N–H and O–H groups in total. The van der Waals surface area contributed by atoms with Gasteiger partial charge < -0.3 is 23.7 Å². The number of esters is 1.